The van der Waals surface area contributed by atoms with E-state index in [1.807, 2.05) is 6.07 Å². The molecule has 5 nitrogen and oxygen atoms in total. The molecule has 2 N–H and O–H groups in total. The van der Waals surface area contributed by atoms with E-state index in [0.717, 1.165) is 18.7 Å². The summed E-state index contributed by atoms with van der Waals surface area (Å²) in [7, 11) is 1.54. The first-order chi connectivity index (χ1) is 11.5. The number of nitrogens with zero attached hydrogens (tertiary/aromatic N) is 1. The highest BCUT2D eigenvalue weighted by Crippen LogP contribution is 2.28. The molecule has 128 valence electrons. The van der Waals surface area contributed by atoms with E-state index >= 15 is 0 Å². The van der Waals surface area contributed by atoms with Gasteiger partial charge in [-0.3, -0.25) is 9.78 Å². The Morgan fingerprint density at radius 2 is 2.08 bits per heavy atom. The monoisotopic (exact) mass is 347 g/mol. The van der Waals surface area contributed by atoms with Gasteiger partial charge in [-0.15, -0.1) is 0 Å². The number of ether oxygens (including phenoxy) is 1. The topological polar surface area (TPSA) is 63.2 Å². The van der Waals surface area contributed by atoms with Gasteiger partial charge in [0.2, 0.25) is 0 Å². The SMILES string of the molecule is COc1ccc(Cl)cc1NC(=O)c1cc(NCCC(C)C)ccn1. The fourth-order valence-electron chi connectivity index (χ4n) is 2.13. The zero-order valence-electron chi connectivity index (χ0n) is 14.1. The van der Waals surface area contributed by atoms with Crippen molar-refractivity contribution in [3.8, 4) is 5.75 Å². The van der Waals surface area contributed by atoms with Crippen molar-refractivity contribution in [3.63, 3.8) is 0 Å². The average Bonchev–Trinajstić information content (AvgIpc) is 2.55. The predicted octanol–water partition coefficient (Wildman–Crippen LogP) is 4.45. The average molecular weight is 348 g/mol. The van der Waals surface area contributed by atoms with Gasteiger partial charge in [0, 0.05) is 23.5 Å². The van der Waals surface area contributed by atoms with E-state index in [0.29, 0.717) is 28.1 Å². The first-order valence-electron chi connectivity index (χ1n) is 7.84. The van der Waals surface area contributed by atoms with Gasteiger partial charge >= 0.3 is 0 Å². The number of halogens is 1. The van der Waals surface area contributed by atoms with E-state index in [-0.39, 0.29) is 5.91 Å². The van der Waals surface area contributed by atoms with Gasteiger partial charge < -0.3 is 15.4 Å². The second-order valence-corrected chi connectivity index (χ2v) is 6.27. The van der Waals surface area contributed by atoms with Crippen molar-refractivity contribution in [2.75, 3.05) is 24.3 Å². The molecular formula is C18H22ClN3O2. The maximum Gasteiger partial charge on any atom is 0.274 e. The third kappa shape index (κ3) is 5.13. The molecule has 0 aliphatic rings. The van der Waals surface area contributed by atoms with Crippen LogP contribution in [-0.2, 0) is 0 Å². The third-order valence-electron chi connectivity index (χ3n) is 3.45. The Bertz CT molecular complexity index is 704. The number of hydrogen-bond acceptors (Lipinski definition) is 4. The van der Waals surface area contributed by atoms with Crippen LogP contribution in [0.5, 0.6) is 5.75 Å². The molecule has 0 saturated heterocycles. The summed E-state index contributed by atoms with van der Waals surface area (Å²) in [6.45, 7) is 5.20. The zero-order chi connectivity index (χ0) is 17.5. The van der Waals surface area contributed by atoms with Crippen LogP contribution < -0.4 is 15.4 Å². The second-order valence-electron chi connectivity index (χ2n) is 5.84. The highest BCUT2D eigenvalue weighted by atomic mass is 35.5. The van der Waals surface area contributed by atoms with Crippen LogP contribution in [0.2, 0.25) is 5.02 Å². The number of pyridine rings is 1. The number of amides is 1. The Balaban J connectivity index is 2.08. The fraction of sp³-hybridized carbons (Fsp3) is 0.333. The van der Waals surface area contributed by atoms with E-state index in [2.05, 4.69) is 29.5 Å². The summed E-state index contributed by atoms with van der Waals surface area (Å²) in [5.74, 6) is 0.847. The largest absolute Gasteiger partial charge is 0.495 e. The summed E-state index contributed by atoms with van der Waals surface area (Å²) in [5, 5.41) is 6.60. The molecule has 0 atom stereocenters. The van der Waals surface area contributed by atoms with Crippen LogP contribution in [0.15, 0.2) is 36.5 Å². The minimum atomic E-state index is -0.317. The molecule has 2 rings (SSSR count). The summed E-state index contributed by atoms with van der Waals surface area (Å²) < 4.78 is 5.23. The van der Waals surface area contributed by atoms with Crippen LogP contribution in [0.3, 0.4) is 0 Å². The molecular weight excluding hydrogens is 326 g/mol. The number of anilines is 2. The summed E-state index contributed by atoms with van der Waals surface area (Å²) in [6, 6.07) is 8.62. The molecule has 1 aromatic heterocycles. The van der Waals surface area contributed by atoms with E-state index in [1.165, 1.54) is 7.11 Å². The van der Waals surface area contributed by atoms with Gasteiger partial charge in [-0.1, -0.05) is 25.4 Å². The van der Waals surface area contributed by atoms with Gasteiger partial charge in [-0.05, 0) is 42.7 Å². The van der Waals surface area contributed by atoms with Crippen molar-refractivity contribution in [2.24, 2.45) is 5.92 Å². The number of aromatic nitrogens is 1. The Morgan fingerprint density at radius 3 is 2.79 bits per heavy atom. The molecule has 0 bridgehead atoms. The lowest BCUT2D eigenvalue weighted by Gasteiger charge is -2.11. The molecule has 0 radical (unpaired) electrons. The molecule has 2 aromatic rings. The molecule has 0 saturated carbocycles. The third-order valence-corrected chi connectivity index (χ3v) is 3.69. The second kappa shape index (κ2) is 8.55. The number of rotatable bonds is 7. The predicted molar refractivity (Wildman–Crippen MR) is 98.1 cm³/mol. The summed E-state index contributed by atoms with van der Waals surface area (Å²) in [5.41, 5.74) is 1.70. The summed E-state index contributed by atoms with van der Waals surface area (Å²) in [6.07, 6.45) is 2.67. The highest BCUT2D eigenvalue weighted by Gasteiger charge is 2.12. The standard InChI is InChI=1S/C18H22ClN3O2/c1-12(2)6-8-20-14-7-9-21-16(11-14)18(23)22-15-10-13(19)4-5-17(15)24-3/h4-5,7,9-12H,6,8H2,1-3H3,(H,20,21)(H,22,23). The van der Waals surface area contributed by atoms with Gasteiger partial charge in [0.1, 0.15) is 11.4 Å². The lowest BCUT2D eigenvalue weighted by molar-refractivity contribution is 0.102. The van der Waals surface area contributed by atoms with Crippen LogP contribution >= 0.6 is 11.6 Å². The van der Waals surface area contributed by atoms with Crippen LogP contribution in [0.25, 0.3) is 0 Å². The zero-order valence-corrected chi connectivity index (χ0v) is 14.9. The van der Waals surface area contributed by atoms with Crippen molar-refractivity contribution in [2.45, 2.75) is 20.3 Å². The van der Waals surface area contributed by atoms with Crippen LogP contribution in [-0.4, -0.2) is 24.5 Å². The first-order valence-corrected chi connectivity index (χ1v) is 8.22. The Hall–Kier alpha value is -2.27. The van der Waals surface area contributed by atoms with Gasteiger partial charge in [0.25, 0.3) is 5.91 Å². The van der Waals surface area contributed by atoms with Gasteiger partial charge in [0.05, 0.1) is 12.8 Å². The Morgan fingerprint density at radius 1 is 1.29 bits per heavy atom. The summed E-state index contributed by atoms with van der Waals surface area (Å²) in [4.78, 5) is 16.6. The maximum absolute atomic E-state index is 12.4. The number of carbonyl (C=O) groups is 1. The number of benzene rings is 1. The molecule has 6 heteroatoms. The quantitative estimate of drug-likeness (QED) is 0.776. The molecule has 0 spiro atoms. The smallest absolute Gasteiger partial charge is 0.274 e. The van der Waals surface area contributed by atoms with Crippen LogP contribution in [0, 0.1) is 5.92 Å². The Kier molecular flexibility index (Phi) is 6.44. The normalized spacial score (nSPS) is 10.5. The number of methoxy groups -OCH3 is 1. The number of nitrogens with one attached hydrogen (secondary N) is 2. The number of hydrogen-bond donors (Lipinski definition) is 2. The molecule has 0 fully saturated rings. The van der Waals surface area contributed by atoms with Crippen LogP contribution in [0.1, 0.15) is 30.8 Å². The fourth-order valence-corrected chi connectivity index (χ4v) is 2.31. The minimum Gasteiger partial charge on any atom is -0.495 e. The molecule has 1 amide bonds. The molecule has 0 aliphatic carbocycles. The lowest BCUT2D eigenvalue weighted by Crippen LogP contribution is -2.15. The molecule has 0 aliphatic heterocycles. The molecule has 1 heterocycles. The van der Waals surface area contributed by atoms with Crippen molar-refractivity contribution in [3.05, 3.63) is 47.2 Å². The maximum atomic E-state index is 12.4. The van der Waals surface area contributed by atoms with Crippen molar-refractivity contribution in [1.82, 2.24) is 4.98 Å². The van der Waals surface area contributed by atoms with Crippen LogP contribution in [0.4, 0.5) is 11.4 Å². The van der Waals surface area contributed by atoms with Gasteiger partial charge in [0.15, 0.2) is 0 Å². The highest BCUT2D eigenvalue weighted by molar-refractivity contribution is 6.31. The molecule has 24 heavy (non-hydrogen) atoms. The van der Waals surface area contributed by atoms with Crippen molar-refractivity contribution < 1.29 is 9.53 Å². The van der Waals surface area contributed by atoms with Gasteiger partial charge in [-0.2, -0.15) is 0 Å². The lowest BCUT2D eigenvalue weighted by atomic mass is 10.1. The number of carbonyl (C=O) groups excluding carboxylic acids is 1. The Labute approximate surface area is 147 Å². The molecule has 0 unspecified atom stereocenters. The van der Waals surface area contributed by atoms with E-state index < -0.39 is 0 Å². The first kappa shape index (κ1) is 18.1. The van der Waals surface area contributed by atoms with E-state index in [9.17, 15) is 4.79 Å². The van der Waals surface area contributed by atoms with Crippen molar-refractivity contribution >= 4 is 28.9 Å². The van der Waals surface area contributed by atoms with E-state index in [1.54, 1.807) is 30.5 Å². The van der Waals surface area contributed by atoms with E-state index in [4.69, 9.17) is 16.3 Å². The van der Waals surface area contributed by atoms with Gasteiger partial charge in [-0.25, -0.2) is 0 Å². The minimum absolute atomic E-state index is 0.317. The van der Waals surface area contributed by atoms with Crippen molar-refractivity contribution in [1.29, 1.82) is 0 Å². The summed E-state index contributed by atoms with van der Waals surface area (Å²) >= 11 is 5.98. The molecule has 1 aromatic carbocycles.